The molecule has 7 nitrogen and oxygen atoms in total. The summed E-state index contributed by atoms with van der Waals surface area (Å²) in [5.74, 6) is 2.16. The number of pyridine rings is 1. The van der Waals surface area contributed by atoms with Gasteiger partial charge >= 0.3 is 0 Å². The number of piperidine rings is 1. The molecule has 0 atom stereocenters. The van der Waals surface area contributed by atoms with Crippen molar-refractivity contribution < 1.29 is 4.74 Å². The van der Waals surface area contributed by atoms with Gasteiger partial charge in [0.1, 0.15) is 12.1 Å². The van der Waals surface area contributed by atoms with Gasteiger partial charge in [0.05, 0.1) is 24.0 Å². The van der Waals surface area contributed by atoms with Crippen molar-refractivity contribution in [3.05, 3.63) is 42.9 Å². The van der Waals surface area contributed by atoms with E-state index in [1.54, 1.807) is 31.1 Å². The second kappa shape index (κ2) is 6.96. The molecular formula is C18H20N6O. The first-order valence-electron chi connectivity index (χ1n) is 8.51. The quantitative estimate of drug-likeness (QED) is 0.724. The molecule has 3 aromatic rings. The molecule has 0 aliphatic carbocycles. The summed E-state index contributed by atoms with van der Waals surface area (Å²) in [7, 11) is 0. The molecule has 0 bridgehead atoms. The topological polar surface area (TPSA) is 76.9 Å². The molecule has 4 rings (SSSR count). The summed E-state index contributed by atoms with van der Waals surface area (Å²) >= 11 is 0. The Labute approximate surface area is 146 Å². The maximum absolute atomic E-state index is 5.86. The summed E-state index contributed by atoms with van der Waals surface area (Å²) in [5.41, 5.74) is 1.72. The van der Waals surface area contributed by atoms with E-state index in [9.17, 15) is 0 Å². The van der Waals surface area contributed by atoms with E-state index in [1.165, 1.54) is 0 Å². The van der Waals surface area contributed by atoms with Gasteiger partial charge in [-0.15, -0.1) is 0 Å². The molecule has 128 valence electrons. The van der Waals surface area contributed by atoms with Gasteiger partial charge in [0.25, 0.3) is 0 Å². The number of anilines is 1. The van der Waals surface area contributed by atoms with Crippen LogP contribution in [0.3, 0.4) is 0 Å². The fraction of sp³-hybridized carbons (Fsp3) is 0.389. The summed E-state index contributed by atoms with van der Waals surface area (Å²) < 4.78 is 5.86. The summed E-state index contributed by atoms with van der Waals surface area (Å²) in [6, 6.07) is 1.98. The van der Waals surface area contributed by atoms with Crippen LogP contribution in [0.5, 0.6) is 5.88 Å². The summed E-state index contributed by atoms with van der Waals surface area (Å²) in [6.07, 6.45) is 10.7. The second-order valence-electron chi connectivity index (χ2n) is 6.28. The minimum atomic E-state index is 0.521. The average molecular weight is 336 g/mol. The number of hydrogen-bond donors (Lipinski definition) is 0. The molecular weight excluding hydrogens is 316 g/mol. The average Bonchev–Trinajstić information content (AvgIpc) is 2.67. The van der Waals surface area contributed by atoms with Crippen molar-refractivity contribution in [2.24, 2.45) is 5.92 Å². The number of aromatic nitrogens is 5. The Morgan fingerprint density at radius 2 is 1.92 bits per heavy atom. The van der Waals surface area contributed by atoms with Gasteiger partial charge in [0.2, 0.25) is 5.88 Å². The van der Waals surface area contributed by atoms with Crippen LogP contribution in [0.25, 0.3) is 10.9 Å². The van der Waals surface area contributed by atoms with E-state index in [1.807, 2.05) is 13.0 Å². The van der Waals surface area contributed by atoms with E-state index in [4.69, 9.17) is 4.74 Å². The highest BCUT2D eigenvalue weighted by Gasteiger charge is 2.22. The van der Waals surface area contributed by atoms with Crippen molar-refractivity contribution in [2.75, 3.05) is 24.6 Å². The number of nitrogens with zero attached hydrogens (tertiary/aromatic N) is 6. The molecule has 0 unspecified atom stereocenters. The van der Waals surface area contributed by atoms with Crippen LogP contribution < -0.4 is 9.64 Å². The molecule has 1 aliphatic rings. The molecule has 0 saturated carbocycles. The molecule has 1 fully saturated rings. The van der Waals surface area contributed by atoms with Gasteiger partial charge in [-0.3, -0.25) is 9.97 Å². The van der Waals surface area contributed by atoms with Crippen LogP contribution in [0, 0.1) is 12.8 Å². The standard InChI is InChI=1S/C18H20N6O/c1-13-18(21-7-6-20-13)25-11-14-3-8-24(9-4-14)17-15-2-5-19-10-16(15)22-12-23-17/h2,5-7,10,12,14H,3-4,8-9,11H2,1H3. The molecule has 4 heterocycles. The lowest BCUT2D eigenvalue weighted by atomic mass is 9.97. The third-order valence-electron chi connectivity index (χ3n) is 4.62. The van der Waals surface area contributed by atoms with Gasteiger partial charge in [-0.05, 0) is 31.7 Å². The Bertz CT molecular complexity index is 858. The first-order chi connectivity index (χ1) is 12.3. The van der Waals surface area contributed by atoms with Crippen molar-refractivity contribution in [1.29, 1.82) is 0 Å². The SMILES string of the molecule is Cc1nccnc1OCC1CCN(c2ncnc3cnccc23)CC1. The minimum absolute atomic E-state index is 0.521. The highest BCUT2D eigenvalue weighted by Crippen LogP contribution is 2.27. The molecule has 0 amide bonds. The third-order valence-corrected chi connectivity index (χ3v) is 4.62. The van der Waals surface area contributed by atoms with Gasteiger partial charge in [-0.25, -0.2) is 15.0 Å². The van der Waals surface area contributed by atoms with Crippen molar-refractivity contribution in [3.8, 4) is 5.88 Å². The molecule has 0 spiro atoms. The smallest absolute Gasteiger partial charge is 0.235 e. The molecule has 25 heavy (non-hydrogen) atoms. The minimum Gasteiger partial charge on any atom is -0.476 e. The number of aryl methyl sites for hydroxylation is 1. The highest BCUT2D eigenvalue weighted by molar-refractivity contribution is 5.88. The van der Waals surface area contributed by atoms with Crippen molar-refractivity contribution >= 4 is 16.7 Å². The second-order valence-corrected chi connectivity index (χ2v) is 6.28. The molecule has 1 saturated heterocycles. The Kier molecular flexibility index (Phi) is 4.37. The van der Waals surface area contributed by atoms with E-state index in [0.29, 0.717) is 18.4 Å². The van der Waals surface area contributed by atoms with Crippen LogP contribution in [-0.4, -0.2) is 44.6 Å². The van der Waals surface area contributed by atoms with Crippen molar-refractivity contribution in [1.82, 2.24) is 24.9 Å². The zero-order chi connectivity index (χ0) is 17.1. The highest BCUT2D eigenvalue weighted by atomic mass is 16.5. The summed E-state index contributed by atoms with van der Waals surface area (Å²) in [4.78, 5) is 23.7. The van der Waals surface area contributed by atoms with Crippen LogP contribution in [0.15, 0.2) is 37.2 Å². The van der Waals surface area contributed by atoms with Gasteiger partial charge in [-0.2, -0.15) is 0 Å². The zero-order valence-electron chi connectivity index (χ0n) is 14.2. The van der Waals surface area contributed by atoms with E-state index < -0.39 is 0 Å². The Morgan fingerprint density at radius 3 is 2.76 bits per heavy atom. The van der Waals surface area contributed by atoms with Crippen LogP contribution in [0.4, 0.5) is 5.82 Å². The van der Waals surface area contributed by atoms with Crippen LogP contribution in [0.1, 0.15) is 18.5 Å². The predicted octanol–water partition coefficient (Wildman–Crippen LogP) is 2.42. The van der Waals surface area contributed by atoms with E-state index in [-0.39, 0.29) is 0 Å². The van der Waals surface area contributed by atoms with Gasteiger partial charge in [0.15, 0.2) is 0 Å². The van der Waals surface area contributed by atoms with E-state index in [2.05, 4.69) is 29.8 Å². The lowest BCUT2D eigenvalue weighted by Crippen LogP contribution is -2.36. The van der Waals surface area contributed by atoms with E-state index >= 15 is 0 Å². The van der Waals surface area contributed by atoms with Gasteiger partial charge in [-0.1, -0.05) is 0 Å². The molecule has 0 radical (unpaired) electrons. The Morgan fingerprint density at radius 1 is 1.08 bits per heavy atom. The fourth-order valence-electron chi connectivity index (χ4n) is 3.19. The predicted molar refractivity (Wildman–Crippen MR) is 94.5 cm³/mol. The number of ether oxygens (including phenoxy) is 1. The number of rotatable bonds is 4. The normalized spacial score (nSPS) is 15.5. The monoisotopic (exact) mass is 336 g/mol. The van der Waals surface area contributed by atoms with Crippen LogP contribution in [-0.2, 0) is 0 Å². The molecule has 1 aliphatic heterocycles. The molecule has 3 aromatic heterocycles. The maximum Gasteiger partial charge on any atom is 0.235 e. The Balaban J connectivity index is 1.39. The van der Waals surface area contributed by atoms with Crippen LogP contribution in [0.2, 0.25) is 0 Å². The van der Waals surface area contributed by atoms with E-state index in [0.717, 1.165) is 48.3 Å². The van der Waals surface area contributed by atoms with Gasteiger partial charge in [0, 0.05) is 37.1 Å². The van der Waals surface area contributed by atoms with Crippen molar-refractivity contribution in [3.63, 3.8) is 0 Å². The lowest BCUT2D eigenvalue weighted by molar-refractivity contribution is 0.214. The molecule has 0 N–H and O–H groups in total. The first kappa shape index (κ1) is 15.7. The fourth-order valence-corrected chi connectivity index (χ4v) is 3.19. The summed E-state index contributed by atoms with van der Waals surface area (Å²) in [6.45, 7) is 4.52. The number of fused-ring (bicyclic) bond motifs is 1. The number of hydrogen-bond acceptors (Lipinski definition) is 7. The lowest BCUT2D eigenvalue weighted by Gasteiger charge is -2.33. The zero-order valence-corrected chi connectivity index (χ0v) is 14.2. The first-order valence-corrected chi connectivity index (χ1v) is 8.51. The van der Waals surface area contributed by atoms with Crippen molar-refractivity contribution in [2.45, 2.75) is 19.8 Å². The van der Waals surface area contributed by atoms with Crippen LogP contribution >= 0.6 is 0 Å². The van der Waals surface area contributed by atoms with Gasteiger partial charge < -0.3 is 9.64 Å². The summed E-state index contributed by atoms with van der Waals surface area (Å²) in [5, 5.41) is 1.06. The third kappa shape index (κ3) is 3.35. The Hall–Kier alpha value is -2.83. The maximum atomic E-state index is 5.86. The molecule has 0 aromatic carbocycles. The largest absolute Gasteiger partial charge is 0.476 e. The molecule has 7 heteroatoms.